The van der Waals surface area contributed by atoms with Crippen LogP contribution in [0.15, 0.2) is 59.8 Å². The second kappa shape index (κ2) is 8.72. The molecule has 3 aromatic rings. The molecule has 5 heteroatoms. The van der Waals surface area contributed by atoms with Crippen molar-refractivity contribution in [2.45, 2.75) is 31.8 Å². The van der Waals surface area contributed by atoms with Gasteiger partial charge in [0.15, 0.2) is 5.16 Å². The lowest BCUT2D eigenvalue weighted by atomic mass is 10.1. The first-order chi connectivity index (χ1) is 12.6. The molecule has 0 saturated heterocycles. The van der Waals surface area contributed by atoms with Gasteiger partial charge in [-0.05, 0) is 36.6 Å². The van der Waals surface area contributed by atoms with E-state index in [2.05, 4.69) is 34.3 Å². The maximum atomic E-state index is 12.1. The molecule has 0 fully saturated rings. The number of rotatable bonds is 7. The van der Waals surface area contributed by atoms with E-state index in [-0.39, 0.29) is 5.91 Å². The first kappa shape index (κ1) is 18.3. The highest BCUT2D eigenvalue weighted by molar-refractivity contribution is 7.99. The van der Waals surface area contributed by atoms with Gasteiger partial charge in [-0.2, -0.15) is 0 Å². The smallest absolute Gasteiger partial charge is 0.234 e. The van der Waals surface area contributed by atoms with Gasteiger partial charge in [0.2, 0.25) is 5.91 Å². The largest absolute Gasteiger partial charge is 0.337 e. The number of thioether (sulfide) groups is 1. The van der Waals surface area contributed by atoms with Gasteiger partial charge in [-0.1, -0.05) is 61.2 Å². The molecule has 0 unspecified atom stereocenters. The second-order valence-electron chi connectivity index (χ2n) is 6.16. The van der Waals surface area contributed by atoms with Crippen molar-refractivity contribution in [3.8, 4) is 0 Å². The number of carbonyl (C=O) groups excluding carboxylic acids is 1. The van der Waals surface area contributed by atoms with Crippen LogP contribution in [0.4, 0.5) is 5.69 Å². The number of carbonyl (C=O) groups is 1. The molecular formula is C21H23N3OS. The number of anilines is 1. The molecule has 1 amide bonds. The Labute approximate surface area is 158 Å². The SMILES string of the molecule is CCc1ccc(NC(=O)CSc2nc(Cc3ccccc3)c(C)[nH]2)cc1. The summed E-state index contributed by atoms with van der Waals surface area (Å²) in [6.07, 6.45) is 1.78. The van der Waals surface area contributed by atoms with Gasteiger partial charge in [-0.25, -0.2) is 4.98 Å². The lowest BCUT2D eigenvalue weighted by Gasteiger charge is -2.05. The summed E-state index contributed by atoms with van der Waals surface area (Å²) in [5.41, 5.74) is 5.38. The molecule has 4 nitrogen and oxygen atoms in total. The molecule has 0 aliphatic rings. The third-order valence-electron chi connectivity index (χ3n) is 4.16. The quantitative estimate of drug-likeness (QED) is 0.602. The van der Waals surface area contributed by atoms with Crippen molar-refractivity contribution in [3.63, 3.8) is 0 Å². The van der Waals surface area contributed by atoms with Gasteiger partial charge >= 0.3 is 0 Å². The van der Waals surface area contributed by atoms with Crippen LogP contribution in [-0.4, -0.2) is 21.6 Å². The number of H-pyrrole nitrogens is 1. The van der Waals surface area contributed by atoms with Crippen LogP contribution in [0.2, 0.25) is 0 Å². The molecule has 3 rings (SSSR count). The van der Waals surface area contributed by atoms with Gasteiger partial charge in [-0.3, -0.25) is 4.79 Å². The predicted octanol–water partition coefficient (Wildman–Crippen LogP) is 4.60. The predicted molar refractivity (Wildman–Crippen MR) is 108 cm³/mol. The number of hydrogen-bond donors (Lipinski definition) is 2. The molecule has 0 saturated carbocycles. The van der Waals surface area contributed by atoms with Crippen LogP contribution in [-0.2, 0) is 17.6 Å². The highest BCUT2D eigenvalue weighted by atomic mass is 32.2. The summed E-state index contributed by atoms with van der Waals surface area (Å²) >= 11 is 1.42. The third-order valence-corrected chi connectivity index (χ3v) is 5.04. The number of aromatic nitrogens is 2. The number of aromatic amines is 1. The van der Waals surface area contributed by atoms with E-state index in [9.17, 15) is 4.79 Å². The molecule has 0 spiro atoms. The van der Waals surface area contributed by atoms with Crippen LogP contribution in [0.3, 0.4) is 0 Å². The zero-order valence-electron chi connectivity index (χ0n) is 15.1. The Bertz CT molecular complexity index is 857. The normalized spacial score (nSPS) is 10.7. The number of amides is 1. The van der Waals surface area contributed by atoms with Crippen molar-refractivity contribution in [1.82, 2.24) is 9.97 Å². The van der Waals surface area contributed by atoms with Crippen LogP contribution >= 0.6 is 11.8 Å². The maximum absolute atomic E-state index is 12.1. The topological polar surface area (TPSA) is 57.8 Å². The first-order valence-electron chi connectivity index (χ1n) is 8.75. The van der Waals surface area contributed by atoms with Crippen LogP contribution in [0.1, 0.15) is 29.4 Å². The number of imidazole rings is 1. The Kier molecular flexibility index (Phi) is 6.12. The van der Waals surface area contributed by atoms with Gasteiger partial charge in [-0.15, -0.1) is 0 Å². The average molecular weight is 366 g/mol. The van der Waals surface area contributed by atoms with Gasteiger partial charge in [0, 0.05) is 17.8 Å². The van der Waals surface area contributed by atoms with Gasteiger partial charge in [0.1, 0.15) is 0 Å². The van der Waals surface area contributed by atoms with E-state index in [4.69, 9.17) is 0 Å². The lowest BCUT2D eigenvalue weighted by molar-refractivity contribution is -0.113. The van der Waals surface area contributed by atoms with Gasteiger partial charge in [0.25, 0.3) is 0 Å². The third kappa shape index (κ3) is 4.99. The summed E-state index contributed by atoms with van der Waals surface area (Å²) in [6, 6.07) is 18.2. The van der Waals surface area contributed by atoms with Crippen molar-refractivity contribution in [1.29, 1.82) is 0 Å². The van der Waals surface area contributed by atoms with Gasteiger partial charge < -0.3 is 10.3 Å². The van der Waals surface area contributed by atoms with E-state index in [1.165, 1.54) is 22.9 Å². The molecule has 26 heavy (non-hydrogen) atoms. The van der Waals surface area contributed by atoms with E-state index in [0.29, 0.717) is 5.75 Å². The molecule has 0 atom stereocenters. The van der Waals surface area contributed by atoms with Crippen molar-refractivity contribution in [2.24, 2.45) is 0 Å². The van der Waals surface area contributed by atoms with E-state index < -0.39 is 0 Å². The molecule has 2 N–H and O–H groups in total. The van der Waals surface area contributed by atoms with Crippen molar-refractivity contribution in [3.05, 3.63) is 77.1 Å². The van der Waals surface area contributed by atoms with Crippen LogP contribution in [0.5, 0.6) is 0 Å². The van der Waals surface area contributed by atoms with Crippen LogP contribution in [0, 0.1) is 6.92 Å². The number of nitrogens with zero attached hydrogens (tertiary/aromatic N) is 1. The Hall–Kier alpha value is -2.53. The maximum Gasteiger partial charge on any atom is 0.234 e. The molecule has 1 aromatic heterocycles. The minimum absolute atomic E-state index is 0.0297. The van der Waals surface area contributed by atoms with Gasteiger partial charge in [0.05, 0.1) is 11.4 Å². The highest BCUT2D eigenvalue weighted by Gasteiger charge is 2.10. The zero-order chi connectivity index (χ0) is 18.4. The minimum Gasteiger partial charge on any atom is -0.337 e. The van der Waals surface area contributed by atoms with Crippen LogP contribution in [0.25, 0.3) is 0 Å². The molecule has 134 valence electrons. The number of aryl methyl sites for hydroxylation is 2. The van der Waals surface area contributed by atoms with Crippen molar-refractivity contribution < 1.29 is 4.79 Å². The Morgan fingerprint density at radius 2 is 1.81 bits per heavy atom. The first-order valence-corrected chi connectivity index (χ1v) is 9.73. The molecular weight excluding hydrogens is 342 g/mol. The summed E-state index contributed by atoms with van der Waals surface area (Å²) in [5, 5.41) is 3.71. The zero-order valence-corrected chi connectivity index (χ0v) is 15.9. The summed E-state index contributed by atoms with van der Waals surface area (Å²) in [5.74, 6) is 0.297. The van der Waals surface area contributed by atoms with Crippen LogP contribution < -0.4 is 5.32 Å². The van der Waals surface area contributed by atoms with E-state index >= 15 is 0 Å². The van der Waals surface area contributed by atoms with E-state index in [0.717, 1.165) is 35.1 Å². The average Bonchev–Trinajstić information content (AvgIpc) is 3.01. The second-order valence-corrected chi connectivity index (χ2v) is 7.13. The summed E-state index contributed by atoms with van der Waals surface area (Å²) in [6.45, 7) is 4.13. The minimum atomic E-state index is -0.0297. The molecule has 0 aliphatic heterocycles. The molecule has 1 heterocycles. The number of nitrogens with one attached hydrogen (secondary N) is 2. The fraction of sp³-hybridized carbons (Fsp3) is 0.238. The van der Waals surface area contributed by atoms with Crippen molar-refractivity contribution in [2.75, 3.05) is 11.1 Å². The van der Waals surface area contributed by atoms with E-state index in [1.54, 1.807) is 0 Å². The fourth-order valence-corrected chi connectivity index (χ4v) is 3.39. The van der Waals surface area contributed by atoms with E-state index in [1.807, 2.05) is 49.4 Å². The summed E-state index contributed by atoms with van der Waals surface area (Å²) in [4.78, 5) is 20.1. The fourth-order valence-electron chi connectivity index (χ4n) is 2.65. The molecule has 0 radical (unpaired) electrons. The highest BCUT2D eigenvalue weighted by Crippen LogP contribution is 2.19. The summed E-state index contributed by atoms with van der Waals surface area (Å²) < 4.78 is 0. The Morgan fingerprint density at radius 3 is 2.50 bits per heavy atom. The Morgan fingerprint density at radius 1 is 1.08 bits per heavy atom. The lowest BCUT2D eigenvalue weighted by Crippen LogP contribution is -2.14. The monoisotopic (exact) mass is 365 g/mol. The molecule has 0 aliphatic carbocycles. The Balaban J connectivity index is 1.54. The number of hydrogen-bond acceptors (Lipinski definition) is 3. The van der Waals surface area contributed by atoms with Crippen molar-refractivity contribution >= 4 is 23.4 Å². The molecule has 2 aromatic carbocycles. The standard InChI is InChI=1S/C21H23N3OS/c1-3-16-9-11-18(12-10-16)23-20(25)14-26-21-22-15(2)19(24-21)13-17-7-5-4-6-8-17/h4-12H,3,13-14H2,1-2H3,(H,22,24)(H,23,25). The summed E-state index contributed by atoms with van der Waals surface area (Å²) in [7, 11) is 0. The molecule has 0 bridgehead atoms. The number of benzene rings is 2.